The van der Waals surface area contributed by atoms with Gasteiger partial charge in [0.25, 0.3) is 0 Å². The van der Waals surface area contributed by atoms with Gasteiger partial charge in [-0.15, -0.1) is 5.10 Å². The molecule has 1 aliphatic rings. The Morgan fingerprint density at radius 3 is 3.06 bits per heavy atom. The summed E-state index contributed by atoms with van der Waals surface area (Å²) < 4.78 is 1.68. The van der Waals surface area contributed by atoms with Gasteiger partial charge in [0.2, 0.25) is 5.91 Å². The minimum absolute atomic E-state index is 0.163. The number of hydrogen-bond acceptors (Lipinski definition) is 4. The van der Waals surface area contributed by atoms with Crippen LogP contribution in [0.2, 0.25) is 0 Å². The molecule has 0 saturated heterocycles. The number of hydrogen-bond donors (Lipinski definition) is 1. The lowest BCUT2D eigenvalue weighted by Crippen LogP contribution is -2.41. The van der Waals surface area contributed by atoms with E-state index in [4.69, 9.17) is 5.73 Å². The Kier molecular flexibility index (Phi) is 4.30. The fraction of sp³-hybridized carbons (Fsp3) is 0.750. The van der Waals surface area contributed by atoms with Crippen molar-refractivity contribution in [2.24, 2.45) is 11.7 Å². The zero-order valence-electron chi connectivity index (χ0n) is 10.8. The van der Waals surface area contributed by atoms with Gasteiger partial charge in [-0.1, -0.05) is 11.6 Å². The highest BCUT2D eigenvalue weighted by atomic mass is 16.2. The van der Waals surface area contributed by atoms with Crippen LogP contribution in [0.3, 0.4) is 0 Å². The van der Waals surface area contributed by atoms with Crippen LogP contribution in [0.15, 0.2) is 12.4 Å². The second-order valence-electron chi connectivity index (χ2n) is 4.91. The summed E-state index contributed by atoms with van der Waals surface area (Å²) in [6, 6.07) is 0.318. The van der Waals surface area contributed by atoms with Crippen LogP contribution in [0, 0.1) is 5.92 Å². The van der Waals surface area contributed by atoms with Crippen molar-refractivity contribution >= 4 is 5.91 Å². The first-order chi connectivity index (χ1) is 8.72. The first-order valence-corrected chi connectivity index (χ1v) is 6.52. The Bertz CT molecular complexity index is 378. The summed E-state index contributed by atoms with van der Waals surface area (Å²) in [6.07, 6.45) is 7.25. The molecule has 6 heteroatoms. The fourth-order valence-corrected chi connectivity index (χ4v) is 2.73. The summed E-state index contributed by atoms with van der Waals surface area (Å²) in [5, 5.41) is 7.57. The van der Waals surface area contributed by atoms with Gasteiger partial charge in [-0.2, -0.15) is 0 Å². The highest BCUT2D eigenvalue weighted by molar-refractivity contribution is 5.76. The van der Waals surface area contributed by atoms with Crippen LogP contribution in [0.4, 0.5) is 0 Å². The van der Waals surface area contributed by atoms with Crippen LogP contribution in [-0.4, -0.2) is 45.4 Å². The van der Waals surface area contributed by atoms with Gasteiger partial charge >= 0.3 is 0 Å². The van der Waals surface area contributed by atoms with Gasteiger partial charge in [0.05, 0.1) is 12.7 Å². The molecule has 100 valence electrons. The normalized spacial score (nSPS) is 23.2. The molecule has 1 aromatic heterocycles. The average molecular weight is 251 g/mol. The average Bonchev–Trinajstić information content (AvgIpc) is 3.05. The lowest BCUT2D eigenvalue weighted by molar-refractivity contribution is -0.132. The van der Waals surface area contributed by atoms with Crippen molar-refractivity contribution in [3.8, 4) is 0 Å². The quantitative estimate of drug-likeness (QED) is 0.814. The van der Waals surface area contributed by atoms with Crippen LogP contribution >= 0.6 is 0 Å². The van der Waals surface area contributed by atoms with E-state index in [0.29, 0.717) is 31.5 Å². The Balaban J connectivity index is 1.84. The molecule has 2 unspecified atom stereocenters. The summed E-state index contributed by atoms with van der Waals surface area (Å²) in [5.41, 5.74) is 5.75. The molecule has 0 aliphatic heterocycles. The van der Waals surface area contributed by atoms with E-state index >= 15 is 0 Å². The van der Waals surface area contributed by atoms with Crippen molar-refractivity contribution in [1.29, 1.82) is 0 Å². The van der Waals surface area contributed by atoms with Gasteiger partial charge in [0, 0.05) is 25.7 Å². The lowest BCUT2D eigenvalue weighted by atomic mass is 10.0. The molecule has 0 radical (unpaired) electrons. The summed E-state index contributed by atoms with van der Waals surface area (Å²) in [6.45, 7) is 1.26. The van der Waals surface area contributed by atoms with Gasteiger partial charge < -0.3 is 10.6 Å². The Labute approximate surface area is 107 Å². The number of aromatic nitrogens is 3. The van der Waals surface area contributed by atoms with E-state index in [9.17, 15) is 4.79 Å². The number of amides is 1. The first kappa shape index (κ1) is 13.0. The van der Waals surface area contributed by atoms with Crippen molar-refractivity contribution in [2.45, 2.75) is 38.3 Å². The maximum atomic E-state index is 12.1. The first-order valence-electron chi connectivity index (χ1n) is 6.52. The number of carbonyl (C=O) groups is 1. The smallest absolute Gasteiger partial charge is 0.224 e. The van der Waals surface area contributed by atoms with Crippen molar-refractivity contribution in [3.63, 3.8) is 0 Å². The van der Waals surface area contributed by atoms with Crippen LogP contribution in [0.25, 0.3) is 0 Å². The molecule has 0 aromatic carbocycles. The molecule has 1 amide bonds. The molecule has 18 heavy (non-hydrogen) atoms. The van der Waals surface area contributed by atoms with E-state index in [-0.39, 0.29) is 5.91 Å². The minimum Gasteiger partial charge on any atom is -0.342 e. The molecule has 1 heterocycles. The molecule has 2 N–H and O–H groups in total. The van der Waals surface area contributed by atoms with Gasteiger partial charge in [0.15, 0.2) is 0 Å². The third-order valence-corrected chi connectivity index (χ3v) is 3.84. The molecule has 1 aliphatic carbocycles. The van der Waals surface area contributed by atoms with Gasteiger partial charge in [-0.25, -0.2) is 0 Å². The lowest BCUT2D eigenvalue weighted by Gasteiger charge is -2.29. The highest BCUT2D eigenvalue weighted by Crippen LogP contribution is 2.28. The van der Waals surface area contributed by atoms with Crippen LogP contribution < -0.4 is 5.73 Å². The molecule has 2 rings (SSSR count). The Morgan fingerprint density at radius 1 is 1.56 bits per heavy atom. The zero-order chi connectivity index (χ0) is 13.0. The topological polar surface area (TPSA) is 77.0 Å². The van der Waals surface area contributed by atoms with Crippen molar-refractivity contribution in [2.75, 3.05) is 13.6 Å². The van der Waals surface area contributed by atoms with E-state index < -0.39 is 0 Å². The largest absolute Gasteiger partial charge is 0.342 e. The molecular formula is C12H21N5O. The highest BCUT2D eigenvalue weighted by Gasteiger charge is 2.31. The van der Waals surface area contributed by atoms with Crippen LogP contribution in [0.5, 0.6) is 0 Å². The molecule has 2 atom stereocenters. The molecule has 0 spiro atoms. The minimum atomic E-state index is 0.163. The predicted octanol–water partition coefficient (Wildman–Crippen LogP) is 0.254. The number of nitrogens with two attached hydrogens (primary N) is 1. The van der Waals surface area contributed by atoms with Gasteiger partial charge in [-0.3, -0.25) is 9.48 Å². The van der Waals surface area contributed by atoms with E-state index in [2.05, 4.69) is 10.3 Å². The Morgan fingerprint density at radius 2 is 2.39 bits per heavy atom. The van der Waals surface area contributed by atoms with E-state index in [1.165, 1.54) is 6.42 Å². The van der Waals surface area contributed by atoms with Crippen molar-refractivity contribution in [1.82, 2.24) is 19.9 Å². The molecular weight excluding hydrogens is 230 g/mol. The molecule has 1 saturated carbocycles. The third kappa shape index (κ3) is 2.87. The molecule has 1 fully saturated rings. The molecule has 0 bridgehead atoms. The van der Waals surface area contributed by atoms with Gasteiger partial charge in [0.1, 0.15) is 0 Å². The standard InChI is InChI=1S/C12H21N5O/c1-16(11-4-2-3-10(11)9-13)12(18)5-7-17-8-6-14-15-17/h6,8,10-11H,2-5,7,9,13H2,1H3. The summed E-state index contributed by atoms with van der Waals surface area (Å²) >= 11 is 0. The second-order valence-corrected chi connectivity index (χ2v) is 4.91. The van der Waals surface area contributed by atoms with E-state index in [1.54, 1.807) is 17.1 Å². The maximum absolute atomic E-state index is 12.1. The summed E-state index contributed by atoms with van der Waals surface area (Å²) in [4.78, 5) is 14.0. The SMILES string of the molecule is CN(C(=O)CCn1ccnn1)C1CCCC1CN. The van der Waals surface area contributed by atoms with Crippen molar-refractivity contribution in [3.05, 3.63) is 12.4 Å². The van der Waals surface area contributed by atoms with E-state index in [0.717, 1.165) is 12.8 Å². The van der Waals surface area contributed by atoms with Crippen LogP contribution in [-0.2, 0) is 11.3 Å². The van der Waals surface area contributed by atoms with Crippen LogP contribution in [0.1, 0.15) is 25.7 Å². The predicted molar refractivity (Wildman–Crippen MR) is 67.6 cm³/mol. The van der Waals surface area contributed by atoms with Gasteiger partial charge in [-0.05, 0) is 25.3 Å². The molecule has 6 nitrogen and oxygen atoms in total. The monoisotopic (exact) mass is 251 g/mol. The number of nitrogens with zero attached hydrogens (tertiary/aromatic N) is 4. The number of aryl methyl sites for hydroxylation is 1. The fourth-order valence-electron chi connectivity index (χ4n) is 2.73. The van der Waals surface area contributed by atoms with Crippen molar-refractivity contribution < 1.29 is 4.79 Å². The second kappa shape index (κ2) is 5.95. The Hall–Kier alpha value is -1.43. The number of carbonyl (C=O) groups excluding carboxylic acids is 1. The zero-order valence-corrected chi connectivity index (χ0v) is 10.8. The van der Waals surface area contributed by atoms with E-state index in [1.807, 2.05) is 11.9 Å². The summed E-state index contributed by atoms with van der Waals surface area (Å²) in [5.74, 6) is 0.626. The number of rotatable bonds is 5. The molecule has 1 aromatic rings. The third-order valence-electron chi connectivity index (χ3n) is 3.84. The maximum Gasteiger partial charge on any atom is 0.224 e. The summed E-state index contributed by atoms with van der Waals surface area (Å²) in [7, 11) is 1.89.